The molecule has 0 aliphatic carbocycles. The zero-order chi connectivity index (χ0) is 18.4. The smallest absolute Gasteiger partial charge is 0.319 e. The van der Waals surface area contributed by atoms with Gasteiger partial charge in [0.15, 0.2) is 11.5 Å². The number of urea groups is 1. The number of ether oxygens (including phenoxy) is 2. The molecular weight excluding hydrogens is 350 g/mol. The first-order valence-electron chi connectivity index (χ1n) is 7.94. The van der Waals surface area contributed by atoms with E-state index in [1.807, 2.05) is 29.0 Å². The first-order valence-corrected chi connectivity index (χ1v) is 8.89. The van der Waals surface area contributed by atoms with Crippen LogP contribution in [0.15, 0.2) is 53.4 Å². The molecule has 0 fully saturated rings. The van der Waals surface area contributed by atoms with Crippen molar-refractivity contribution in [3.05, 3.63) is 58.9 Å². The first kappa shape index (κ1) is 17.8. The van der Waals surface area contributed by atoms with Crippen molar-refractivity contribution in [1.82, 2.24) is 10.3 Å². The Morgan fingerprint density at radius 2 is 2.08 bits per heavy atom. The highest BCUT2D eigenvalue weighted by Crippen LogP contribution is 2.34. The quantitative estimate of drug-likeness (QED) is 0.685. The van der Waals surface area contributed by atoms with Gasteiger partial charge in [0, 0.05) is 23.7 Å². The number of rotatable bonds is 6. The minimum absolute atomic E-state index is 0.328. The SMILES string of the molecule is COc1cccc(NC(=O)NCc2ccnc(-c3ccsc3)c2)c1OC. The van der Waals surface area contributed by atoms with Crippen molar-refractivity contribution in [2.75, 3.05) is 19.5 Å². The highest BCUT2D eigenvalue weighted by atomic mass is 32.1. The minimum Gasteiger partial charge on any atom is -0.493 e. The predicted molar refractivity (Wildman–Crippen MR) is 103 cm³/mol. The van der Waals surface area contributed by atoms with E-state index in [-0.39, 0.29) is 6.03 Å². The summed E-state index contributed by atoms with van der Waals surface area (Å²) in [5.74, 6) is 1.04. The summed E-state index contributed by atoms with van der Waals surface area (Å²) in [5, 5.41) is 9.67. The van der Waals surface area contributed by atoms with Gasteiger partial charge in [-0.15, -0.1) is 0 Å². The van der Waals surface area contributed by atoms with E-state index in [1.165, 1.54) is 7.11 Å². The average molecular weight is 369 g/mol. The zero-order valence-corrected chi connectivity index (χ0v) is 15.3. The molecule has 0 spiro atoms. The monoisotopic (exact) mass is 369 g/mol. The summed E-state index contributed by atoms with van der Waals surface area (Å²) < 4.78 is 10.5. The molecule has 3 rings (SSSR count). The van der Waals surface area contributed by atoms with E-state index >= 15 is 0 Å². The first-order chi connectivity index (χ1) is 12.7. The summed E-state index contributed by atoms with van der Waals surface area (Å²) in [6, 6.07) is 10.8. The molecule has 0 radical (unpaired) electrons. The highest BCUT2D eigenvalue weighted by Gasteiger charge is 2.12. The van der Waals surface area contributed by atoms with E-state index in [4.69, 9.17) is 9.47 Å². The van der Waals surface area contributed by atoms with Crippen molar-refractivity contribution >= 4 is 23.1 Å². The van der Waals surface area contributed by atoms with Gasteiger partial charge in [0.2, 0.25) is 0 Å². The molecule has 26 heavy (non-hydrogen) atoms. The van der Waals surface area contributed by atoms with Crippen LogP contribution in [0.4, 0.5) is 10.5 Å². The third kappa shape index (κ3) is 4.12. The van der Waals surface area contributed by atoms with Gasteiger partial charge in [-0.05, 0) is 41.3 Å². The number of hydrogen-bond acceptors (Lipinski definition) is 5. The normalized spacial score (nSPS) is 10.2. The number of methoxy groups -OCH3 is 2. The van der Waals surface area contributed by atoms with Crippen LogP contribution in [-0.2, 0) is 6.54 Å². The lowest BCUT2D eigenvalue weighted by Crippen LogP contribution is -2.28. The van der Waals surface area contributed by atoms with Crippen LogP contribution in [0.25, 0.3) is 11.3 Å². The van der Waals surface area contributed by atoms with Crippen molar-refractivity contribution in [2.24, 2.45) is 0 Å². The van der Waals surface area contributed by atoms with Gasteiger partial charge < -0.3 is 20.1 Å². The molecular formula is C19H19N3O3S. The van der Waals surface area contributed by atoms with Crippen molar-refractivity contribution in [3.8, 4) is 22.8 Å². The Balaban J connectivity index is 1.64. The predicted octanol–water partition coefficient (Wildman–Crippen LogP) is 4.15. The Kier molecular flexibility index (Phi) is 5.70. The highest BCUT2D eigenvalue weighted by molar-refractivity contribution is 7.08. The van der Waals surface area contributed by atoms with Gasteiger partial charge in [0.1, 0.15) is 0 Å². The van der Waals surface area contributed by atoms with E-state index in [0.29, 0.717) is 23.7 Å². The van der Waals surface area contributed by atoms with E-state index in [1.54, 1.807) is 42.8 Å². The third-order valence-electron chi connectivity index (χ3n) is 3.75. The van der Waals surface area contributed by atoms with Crippen LogP contribution in [-0.4, -0.2) is 25.2 Å². The number of hydrogen-bond donors (Lipinski definition) is 2. The van der Waals surface area contributed by atoms with E-state index in [9.17, 15) is 4.79 Å². The number of carbonyl (C=O) groups is 1. The average Bonchev–Trinajstić information content (AvgIpc) is 3.21. The summed E-state index contributed by atoms with van der Waals surface area (Å²) >= 11 is 1.62. The molecule has 0 saturated heterocycles. The molecule has 0 aliphatic heterocycles. The van der Waals surface area contributed by atoms with Gasteiger partial charge in [-0.2, -0.15) is 11.3 Å². The molecule has 1 aromatic carbocycles. The molecule has 7 heteroatoms. The largest absolute Gasteiger partial charge is 0.493 e. The number of nitrogens with one attached hydrogen (secondary N) is 2. The van der Waals surface area contributed by atoms with Crippen LogP contribution < -0.4 is 20.1 Å². The van der Waals surface area contributed by atoms with Crippen molar-refractivity contribution in [1.29, 1.82) is 0 Å². The van der Waals surface area contributed by atoms with Crippen molar-refractivity contribution in [2.45, 2.75) is 6.54 Å². The van der Waals surface area contributed by atoms with Crippen LogP contribution in [0.1, 0.15) is 5.56 Å². The molecule has 0 unspecified atom stereocenters. The number of benzene rings is 1. The number of pyridine rings is 1. The molecule has 0 atom stereocenters. The van der Waals surface area contributed by atoms with Gasteiger partial charge in [-0.1, -0.05) is 6.07 Å². The summed E-state index contributed by atoms with van der Waals surface area (Å²) in [6.07, 6.45) is 1.74. The van der Waals surface area contributed by atoms with Crippen LogP contribution in [0.3, 0.4) is 0 Å². The van der Waals surface area contributed by atoms with E-state index in [0.717, 1.165) is 16.8 Å². The van der Waals surface area contributed by atoms with Gasteiger partial charge >= 0.3 is 6.03 Å². The fourth-order valence-electron chi connectivity index (χ4n) is 2.49. The molecule has 3 aromatic rings. The molecule has 0 saturated carbocycles. The topological polar surface area (TPSA) is 72.5 Å². The molecule has 0 bridgehead atoms. The fourth-order valence-corrected chi connectivity index (χ4v) is 3.14. The minimum atomic E-state index is -0.328. The summed E-state index contributed by atoms with van der Waals surface area (Å²) in [5.41, 5.74) is 3.47. The van der Waals surface area contributed by atoms with Gasteiger partial charge in [-0.3, -0.25) is 4.98 Å². The number of aromatic nitrogens is 1. The van der Waals surface area contributed by atoms with Gasteiger partial charge in [0.25, 0.3) is 0 Å². The number of thiophene rings is 1. The molecule has 0 aliphatic rings. The van der Waals surface area contributed by atoms with Crippen LogP contribution in [0.2, 0.25) is 0 Å². The molecule has 2 amide bonds. The second kappa shape index (κ2) is 8.35. The maximum atomic E-state index is 12.2. The van der Waals surface area contributed by atoms with Crippen molar-refractivity contribution in [3.63, 3.8) is 0 Å². The van der Waals surface area contributed by atoms with Gasteiger partial charge in [0.05, 0.1) is 25.6 Å². The summed E-state index contributed by atoms with van der Waals surface area (Å²) in [7, 11) is 3.08. The fraction of sp³-hybridized carbons (Fsp3) is 0.158. The second-order valence-electron chi connectivity index (χ2n) is 5.41. The molecule has 2 N–H and O–H groups in total. The number of amides is 2. The van der Waals surface area contributed by atoms with E-state index in [2.05, 4.69) is 15.6 Å². The van der Waals surface area contributed by atoms with Crippen molar-refractivity contribution < 1.29 is 14.3 Å². The molecule has 134 valence electrons. The Labute approximate surface area is 155 Å². The maximum absolute atomic E-state index is 12.2. The Bertz CT molecular complexity index is 881. The standard InChI is InChI=1S/C19H19N3O3S/c1-24-17-5-3-4-15(18(17)25-2)22-19(23)21-11-13-6-8-20-16(10-13)14-7-9-26-12-14/h3-10,12H,11H2,1-2H3,(H2,21,22,23). The number of para-hydroxylation sites is 1. The molecule has 2 heterocycles. The third-order valence-corrected chi connectivity index (χ3v) is 4.43. The second-order valence-corrected chi connectivity index (χ2v) is 6.19. The number of carbonyl (C=O) groups excluding carboxylic acids is 1. The molecule has 6 nitrogen and oxygen atoms in total. The summed E-state index contributed by atoms with van der Waals surface area (Å²) in [4.78, 5) is 16.6. The Hall–Kier alpha value is -3.06. The Morgan fingerprint density at radius 1 is 1.19 bits per heavy atom. The molecule has 2 aromatic heterocycles. The zero-order valence-electron chi connectivity index (χ0n) is 14.5. The summed E-state index contributed by atoms with van der Waals surface area (Å²) in [6.45, 7) is 0.387. The van der Waals surface area contributed by atoms with Crippen LogP contribution >= 0.6 is 11.3 Å². The van der Waals surface area contributed by atoms with Crippen LogP contribution in [0, 0.1) is 0 Å². The lowest BCUT2D eigenvalue weighted by atomic mass is 10.1. The maximum Gasteiger partial charge on any atom is 0.319 e. The Morgan fingerprint density at radius 3 is 2.81 bits per heavy atom. The van der Waals surface area contributed by atoms with Gasteiger partial charge in [-0.25, -0.2) is 4.79 Å². The van der Waals surface area contributed by atoms with Crippen LogP contribution in [0.5, 0.6) is 11.5 Å². The lowest BCUT2D eigenvalue weighted by molar-refractivity contribution is 0.251. The lowest BCUT2D eigenvalue weighted by Gasteiger charge is -2.14. The number of anilines is 1. The van der Waals surface area contributed by atoms with E-state index < -0.39 is 0 Å². The number of nitrogens with zero attached hydrogens (tertiary/aromatic N) is 1.